The van der Waals surface area contributed by atoms with E-state index in [0.717, 1.165) is 11.6 Å². The van der Waals surface area contributed by atoms with Crippen molar-refractivity contribution in [1.82, 2.24) is 4.90 Å². The fraction of sp³-hybridized carbons (Fsp3) is 0.300. The molecule has 0 aliphatic carbocycles. The molecule has 2 aromatic carbocycles. The molecule has 0 aromatic heterocycles. The monoisotopic (exact) mass is 468 g/mol. The van der Waals surface area contributed by atoms with Crippen LogP contribution in [0.4, 0.5) is 4.79 Å². The first-order valence-corrected chi connectivity index (χ1v) is 11.7. The van der Waals surface area contributed by atoms with Crippen LogP contribution in [0.15, 0.2) is 47.4 Å². The van der Waals surface area contributed by atoms with Crippen molar-refractivity contribution in [2.24, 2.45) is 5.92 Å². The smallest absolute Gasteiger partial charge is 0.407 e. The molecule has 1 heterocycles. The molecular formula is C20H18Cl2N2O5S. The summed E-state index contributed by atoms with van der Waals surface area (Å²) in [6.45, 7) is 0.836. The minimum Gasteiger partial charge on any atom is -0.492 e. The lowest BCUT2D eigenvalue weighted by Gasteiger charge is -2.37. The third kappa shape index (κ3) is 5.17. The van der Waals surface area contributed by atoms with Gasteiger partial charge >= 0.3 is 6.09 Å². The highest BCUT2D eigenvalue weighted by molar-refractivity contribution is 8.13. The van der Waals surface area contributed by atoms with Crippen molar-refractivity contribution < 1.29 is 23.1 Å². The number of rotatable bonds is 5. The van der Waals surface area contributed by atoms with Crippen LogP contribution in [0, 0.1) is 17.2 Å². The lowest BCUT2D eigenvalue weighted by molar-refractivity contribution is 0.0937. The number of amides is 1. The minimum atomic E-state index is -3.97. The molecule has 0 saturated carbocycles. The van der Waals surface area contributed by atoms with Crippen molar-refractivity contribution in [2.75, 3.05) is 19.7 Å². The number of likely N-dealkylation sites (tertiary alicyclic amines) is 1. The lowest BCUT2D eigenvalue weighted by atomic mass is 9.81. The molecular weight excluding hydrogens is 451 g/mol. The van der Waals surface area contributed by atoms with Crippen molar-refractivity contribution >= 4 is 37.4 Å². The zero-order chi connectivity index (χ0) is 21.9. The molecule has 1 aliphatic heterocycles. The number of hydrogen-bond donors (Lipinski definition) is 1. The van der Waals surface area contributed by atoms with E-state index in [1.165, 1.54) is 17.0 Å². The van der Waals surface area contributed by atoms with Gasteiger partial charge in [0, 0.05) is 34.7 Å². The van der Waals surface area contributed by atoms with Crippen LogP contribution in [0.2, 0.25) is 5.02 Å². The van der Waals surface area contributed by atoms with Crippen molar-refractivity contribution in [3.05, 3.63) is 58.6 Å². The number of ether oxygens (including phenoxy) is 1. The van der Waals surface area contributed by atoms with Gasteiger partial charge in [-0.3, -0.25) is 0 Å². The molecule has 1 N–H and O–H groups in total. The Morgan fingerprint density at radius 3 is 2.57 bits per heavy atom. The van der Waals surface area contributed by atoms with E-state index in [0.29, 0.717) is 18.0 Å². The molecule has 0 bridgehead atoms. The molecule has 0 spiro atoms. The van der Waals surface area contributed by atoms with Crippen molar-refractivity contribution in [3.8, 4) is 11.8 Å². The molecule has 0 radical (unpaired) electrons. The molecule has 1 saturated heterocycles. The summed E-state index contributed by atoms with van der Waals surface area (Å²) in [6, 6.07) is 13.1. The molecule has 3 rings (SSSR count). The van der Waals surface area contributed by atoms with E-state index in [-0.39, 0.29) is 41.2 Å². The van der Waals surface area contributed by atoms with Gasteiger partial charge in [-0.2, -0.15) is 5.26 Å². The van der Waals surface area contributed by atoms with Crippen LogP contribution in [-0.2, 0) is 9.05 Å². The third-order valence-corrected chi connectivity index (χ3v) is 6.71. The highest BCUT2D eigenvalue weighted by Gasteiger charge is 2.33. The summed E-state index contributed by atoms with van der Waals surface area (Å²) < 4.78 is 28.8. The Kier molecular flexibility index (Phi) is 6.76. The highest BCUT2D eigenvalue weighted by atomic mass is 35.7. The Labute approximate surface area is 183 Å². The van der Waals surface area contributed by atoms with E-state index in [1.54, 1.807) is 12.1 Å². The topological polar surface area (TPSA) is 108 Å². The van der Waals surface area contributed by atoms with E-state index < -0.39 is 15.1 Å². The largest absolute Gasteiger partial charge is 0.492 e. The second-order valence-corrected chi connectivity index (χ2v) is 9.96. The van der Waals surface area contributed by atoms with Gasteiger partial charge in [0.2, 0.25) is 0 Å². The van der Waals surface area contributed by atoms with Crippen LogP contribution in [-0.4, -0.2) is 44.2 Å². The average Bonchev–Trinajstić information content (AvgIpc) is 2.71. The van der Waals surface area contributed by atoms with E-state index >= 15 is 0 Å². The number of carbonyl (C=O) groups is 1. The van der Waals surface area contributed by atoms with Crippen LogP contribution >= 0.6 is 22.3 Å². The summed E-state index contributed by atoms with van der Waals surface area (Å²) in [7, 11) is 1.36. The van der Waals surface area contributed by atoms with Crippen LogP contribution in [0.3, 0.4) is 0 Å². The van der Waals surface area contributed by atoms with Crippen molar-refractivity contribution in [3.63, 3.8) is 0 Å². The number of benzene rings is 2. The first-order chi connectivity index (χ1) is 14.2. The summed E-state index contributed by atoms with van der Waals surface area (Å²) in [6.07, 6.45) is -0.375. The van der Waals surface area contributed by atoms with Crippen LogP contribution in [0.25, 0.3) is 0 Å². The Hall–Kier alpha value is -2.47. The number of hydrogen-bond acceptors (Lipinski definition) is 5. The number of piperidine rings is 1. The lowest BCUT2D eigenvalue weighted by Crippen LogP contribution is -2.44. The van der Waals surface area contributed by atoms with Gasteiger partial charge in [0.15, 0.2) is 0 Å². The van der Waals surface area contributed by atoms with Crippen molar-refractivity contribution in [1.29, 1.82) is 5.26 Å². The fourth-order valence-corrected chi connectivity index (χ4v) is 4.50. The van der Waals surface area contributed by atoms with Gasteiger partial charge in [0.05, 0.1) is 17.1 Å². The number of halogens is 2. The first-order valence-electron chi connectivity index (χ1n) is 9.04. The molecule has 7 nitrogen and oxygen atoms in total. The summed E-state index contributed by atoms with van der Waals surface area (Å²) in [4.78, 5) is 12.6. The maximum Gasteiger partial charge on any atom is 0.407 e. The molecule has 1 aliphatic rings. The maximum absolute atomic E-state index is 11.5. The molecule has 1 fully saturated rings. The number of carboxylic acid groups (broad SMARTS) is 1. The zero-order valence-corrected chi connectivity index (χ0v) is 18.0. The SMILES string of the molecule is N#Cc1cc(S(=O)(=O)Cl)ccc1OCC1CN(C(=O)O)CCC1c1ccc(Cl)cc1. The summed E-state index contributed by atoms with van der Waals surface area (Å²) in [5, 5.41) is 19.3. The predicted molar refractivity (Wildman–Crippen MR) is 112 cm³/mol. The normalized spacial score (nSPS) is 19.2. The van der Waals surface area contributed by atoms with Gasteiger partial charge in [-0.25, -0.2) is 13.2 Å². The van der Waals surface area contributed by atoms with Gasteiger partial charge in [-0.05, 0) is 48.2 Å². The van der Waals surface area contributed by atoms with Crippen LogP contribution in [0.1, 0.15) is 23.5 Å². The maximum atomic E-state index is 11.5. The van der Waals surface area contributed by atoms with Gasteiger partial charge in [0.25, 0.3) is 9.05 Å². The molecule has 2 atom stereocenters. The summed E-state index contributed by atoms with van der Waals surface area (Å²) in [5.74, 6) is 0.0915. The van der Waals surface area contributed by atoms with E-state index in [9.17, 15) is 23.6 Å². The molecule has 30 heavy (non-hydrogen) atoms. The second-order valence-electron chi connectivity index (χ2n) is 6.95. The Balaban J connectivity index is 1.83. The molecule has 2 aromatic rings. The third-order valence-electron chi connectivity index (χ3n) is 5.11. The highest BCUT2D eigenvalue weighted by Crippen LogP contribution is 2.35. The zero-order valence-electron chi connectivity index (χ0n) is 15.7. The van der Waals surface area contributed by atoms with Gasteiger partial charge in [-0.1, -0.05) is 23.7 Å². The van der Waals surface area contributed by atoms with Gasteiger partial charge in [-0.15, -0.1) is 0 Å². The Morgan fingerprint density at radius 1 is 1.27 bits per heavy atom. The summed E-state index contributed by atoms with van der Waals surface area (Å²) in [5.41, 5.74) is 1.06. The van der Waals surface area contributed by atoms with Gasteiger partial charge < -0.3 is 14.7 Å². The summed E-state index contributed by atoms with van der Waals surface area (Å²) >= 11 is 5.98. The molecule has 1 amide bonds. The Bertz CT molecular complexity index is 1080. The molecule has 158 valence electrons. The fourth-order valence-electron chi connectivity index (χ4n) is 3.59. The quantitative estimate of drug-likeness (QED) is 0.655. The molecule has 2 unspecified atom stereocenters. The first kappa shape index (κ1) is 22.2. The van der Waals surface area contributed by atoms with E-state index in [2.05, 4.69) is 0 Å². The van der Waals surface area contributed by atoms with Crippen molar-refractivity contribution in [2.45, 2.75) is 17.2 Å². The van der Waals surface area contributed by atoms with Crippen LogP contribution in [0.5, 0.6) is 5.75 Å². The number of nitriles is 1. The predicted octanol–water partition coefficient (Wildman–Crippen LogP) is 4.30. The standard InChI is InChI=1S/C20H18Cl2N2O5S/c21-16-3-1-13(2-4-16)18-7-8-24(20(25)26)11-15(18)12-29-19-6-5-17(30(22,27)28)9-14(19)10-23/h1-6,9,15,18H,7-8,11-12H2,(H,25,26). The van der Waals surface area contributed by atoms with E-state index in [1.807, 2.05) is 18.2 Å². The average molecular weight is 469 g/mol. The van der Waals surface area contributed by atoms with E-state index in [4.69, 9.17) is 27.0 Å². The van der Waals surface area contributed by atoms with Gasteiger partial charge in [0.1, 0.15) is 11.8 Å². The Morgan fingerprint density at radius 2 is 1.97 bits per heavy atom. The van der Waals surface area contributed by atoms with Crippen LogP contribution < -0.4 is 4.74 Å². The minimum absolute atomic E-state index is 0.0330. The second kappa shape index (κ2) is 9.13. The number of nitrogens with zero attached hydrogens (tertiary/aromatic N) is 2. The molecule has 10 heteroatoms.